The number of rotatable bonds is 8. The number of nitrogens with one attached hydrogen (secondary N) is 1. The van der Waals surface area contributed by atoms with Crippen LogP contribution in [0.5, 0.6) is 0 Å². The van der Waals surface area contributed by atoms with Crippen molar-refractivity contribution in [3.05, 3.63) is 79.1 Å². The average Bonchev–Trinajstić information content (AvgIpc) is 3.34. The van der Waals surface area contributed by atoms with Gasteiger partial charge in [0.1, 0.15) is 5.82 Å². The maximum Gasteiger partial charge on any atom is 0.330 e. The van der Waals surface area contributed by atoms with E-state index in [0.717, 1.165) is 38.3 Å². The Balaban J connectivity index is 1.46. The van der Waals surface area contributed by atoms with Crippen LogP contribution in [0.1, 0.15) is 18.1 Å². The van der Waals surface area contributed by atoms with Crippen molar-refractivity contribution >= 4 is 28.7 Å². The number of aromatic nitrogens is 2. The van der Waals surface area contributed by atoms with E-state index in [2.05, 4.69) is 31.6 Å². The summed E-state index contributed by atoms with van der Waals surface area (Å²) < 4.78 is 1.30. The Hall–Kier alpha value is -3.21. The molecule has 4 rings (SSSR count). The summed E-state index contributed by atoms with van der Waals surface area (Å²) in [7, 11) is 0. The number of aromatic amines is 1. The highest BCUT2D eigenvalue weighted by molar-refractivity contribution is 7.07. The van der Waals surface area contributed by atoms with Crippen molar-refractivity contribution in [1.82, 2.24) is 19.4 Å². The lowest BCUT2D eigenvalue weighted by molar-refractivity contribution is -0.120. The predicted octanol–water partition coefficient (Wildman–Crippen LogP) is 1.40. The zero-order valence-corrected chi connectivity index (χ0v) is 20.1. The number of amides is 1. The van der Waals surface area contributed by atoms with Crippen LogP contribution in [0.15, 0.2) is 56.7 Å². The summed E-state index contributed by atoms with van der Waals surface area (Å²) >= 11 is 1.70. The van der Waals surface area contributed by atoms with Crippen LogP contribution in [0.3, 0.4) is 0 Å². The van der Waals surface area contributed by atoms with E-state index < -0.39 is 11.2 Å². The summed E-state index contributed by atoms with van der Waals surface area (Å²) in [5.74, 6) is -0.218. The normalized spacial score (nSPS) is 14.9. The van der Waals surface area contributed by atoms with E-state index in [1.165, 1.54) is 15.0 Å². The number of carbonyl (C=O) groups is 1. The lowest BCUT2D eigenvalue weighted by Crippen LogP contribution is -2.50. The zero-order valence-electron chi connectivity index (χ0n) is 19.3. The second-order valence-electron chi connectivity index (χ2n) is 8.39. The number of anilines is 2. The monoisotopic (exact) mass is 482 g/mol. The Kier molecular flexibility index (Phi) is 7.61. The molecule has 3 aromatic rings. The lowest BCUT2D eigenvalue weighted by Gasteiger charge is -2.35. The molecule has 1 saturated heterocycles. The van der Waals surface area contributed by atoms with Crippen molar-refractivity contribution in [2.75, 3.05) is 49.9 Å². The number of carbonyl (C=O) groups excluding carboxylic acids is 1. The lowest BCUT2D eigenvalue weighted by atomic mass is 10.2. The second-order valence-corrected chi connectivity index (χ2v) is 9.17. The molecule has 0 aliphatic carbocycles. The molecule has 2 aromatic heterocycles. The van der Waals surface area contributed by atoms with E-state index in [9.17, 15) is 14.4 Å². The molecule has 0 atom stereocenters. The van der Waals surface area contributed by atoms with Gasteiger partial charge in [0.15, 0.2) is 5.69 Å². The van der Waals surface area contributed by atoms with E-state index in [-0.39, 0.29) is 37.0 Å². The van der Waals surface area contributed by atoms with Gasteiger partial charge >= 0.3 is 5.69 Å². The first-order chi connectivity index (χ1) is 16.5. The fourth-order valence-corrected chi connectivity index (χ4v) is 4.90. The van der Waals surface area contributed by atoms with Gasteiger partial charge in [-0.05, 0) is 34.9 Å². The van der Waals surface area contributed by atoms with E-state index in [1.807, 2.05) is 30.3 Å². The highest BCUT2D eigenvalue weighted by atomic mass is 32.1. The minimum Gasteiger partial charge on any atom is -0.383 e. The van der Waals surface area contributed by atoms with Gasteiger partial charge in [-0.15, -0.1) is 0 Å². The highest BCUT2D eigenvalue weighted by Crippen LogP contribution is 2.18. The van der Waals surface area contributed by atoms with Gasteiger partial charge in [-0.1, -0.05) is 30.3 Å². The molecular formula is C24H30N6O3S. The third kappa shape index (κ3) is 5.46. The fourth-order valence-electron chi connectivity index (χ4n) is 4.24. The van der Waals surface area contributed by atoms with Crippen LogP contribution < -0.4 is 21.9 Å². The molecule has 1 aliphatic heterocycles. The Bertz CT molecular complexity index is 1210. The number of nitrogens with two attached hydrogens (primary N) is 1. The summed E-state index contributed by atoms with van der Waals surface area (Å²) in [6, 6.07) is 11.5. The van der Waals surface area contributed by atoms with E-state index in [4.69, 9.17) is 5.73 Å². The molecule has 10 heteroatoms. The van der Waals surface area contributed by atoms with Crippen LogP contribution in [0.4, 0.5) is 11.5 Å². The van der Waals surface area contributed by atoms with Crippen molar-refractivity contribution in [2.24, 2.45) is 0 Å². The van der Waals surface area contributed by atoms with E-state index >= 15 is 0 Å². The van der Waals surface area contributed by atoms with Gasteiger partial charge in [0, 0.05) is 39.3 Å². The summed E-state index contributed by atoms with van der Waals surface area (Å²) in [6.07, 6.45) is 0. The number of likely N-dealkylation sites (N-methyl/N-ethyl adjacent to an activating group) is 1. The SMILES string of the molecule is CCN(C(=O)CN1CCN(Cc2ccsc2)CC1)c1c(N)n(Cc2ccccc2)c(=O)[nH]c1=O. The van der Waals surface area contributed by atoms with Crippen molar-refractivity contribution in [3.8, 4) is 0 Å². The fraction of sp³-hybridized carbons (Fsp3) is 0.375. The van der Waals surface area contributed by atoms with Crippen LogP contribution in [-0.4, -0.2) is 64.5 Å². The minimum absolute atomic E-state index is 0.00612. The van der Waals surface area contributed by atoms with Crippen LogP contribution >= 0.6 is 11.3 Å². The Labute approximate surface area is 202 Å². The number of nitrogens with zero attached hydrogens (tertiary/aromatic N) is 4. The third-order valence-electron chi connectivity index (χ3n) is 6.09. The molecule has 0 bridgehead atoms. The molecule has 1 aromatic carbocycles. The van der Waals surface area contributed by atoms with Gasteiger partial charge < -0.3 is 10.6 Å². The van der Waals surface area contributed by atoms with E-state index in [0.29, 0.717) is 0 Å². The molecule has 0 spiro atoms. The summed E-state index contributed by atoms with van der Waals surface area (Å²) in [5, 5.41) is 4.24. The highest BCUT2D eigenvalue weighted by Gasteiger charge is 2.26. The zero-order chi connectivity index (χ0) is 24.1. The molecule has 1 fully saturated rings. The predicted molar refractivity (Wildman–Crippen MR) is 135 cm³/mol. The van der Waals surface area contributed by atoms with Gasteiger partial charge in [-0.25, -0.2) is 4.79 Å². The van der Waals surface area contributed by atoms with Gasteiger partial charge in [-0.2, -0.15) is 11.3 Å². The standard InChI is InChI=1S/C24H30N6O3S/c1-2-29(20(31)16-28-11-9-27(10-12-28)14-19-8-13-34-17-19)21-22(25)30(24(33)26-23(21)32)15-18-6-4-3-5-7-18/h3-8,13,17H,2,9-12,14-16,25H2,1H3,(H,26,32,33). The minimum atomic E-state index is -0.650. The molecule has 1 aliphatic rings. The Morgan fingerprint density at radius 2 is 1.74 bits per heavy atom. The quantitative estimate of drug-likeness (QED) is 0.503. The van der Waals surface area contributed by atoms with Crippen molar-refractivity contribution in [1.29, 1.82) is 0 Å². The van der Waals surface area contributed by atoms with Gasteiger partial charge in [0.2, 0.25) is 5.91 Å². The second kappa shape index (κ2) is 10.8. The summed E-state index contributed by atoms with van der Waals surface area (Å²) in [4.78, 5) is 46.6. The number of H-pyrrole nitrogens is 1. The summed E-state index contributed by atoms with van der Waals surface area (Å²) in [6.45, 7) is 6.67. The van der Waals surface area contributed by atoms with Gasteiger partial charge in [-0.3, -0.25) is 28.9 Å². The molecule has 0 unspecified atom stereocenters. The average molecular weight is 483 g/mol. The van der Waals surface area contributed by atoms with Crippen molar-refractivity contribution in [3.63, 3.8) is 0 Å². The first-order valence-electron chi connectivity index (χ1n) is 11.4. The maximum atomic E-state index is 13.2. The number of hydrogen-bond acceptors (Lipinski definition) is 7. The van der Waals surface area contributed by atoms with Crippen LogP contribution in [0, 0.1) is 0 Å². The number of nitrogen functional groups attached to an aromatic ring is 1. The largest absolute Gasteiger partial charge is 0.383 e. The number of piperazine rings is 1. The third-order valence-corrected chi connectivity index (χ3v) is 6.83. The number of hydrogen-bond donors (Lipinski definition) is 2. The Morgan fingerprint density at radius 1 is 1.03 bits per heavy atom. The maximum absolute atomic E-state index is 13.2. The van der Waals surface area contributed by atoms with Gasteiger partial charge in [0.05, 0.1) is 13.1 Å². The smallest absolute Gasteiger partial charge is 0.330 e. The molecular weight excluding hydrogens is 452 g/mol. The Morgan fingerprint density at radius 3 is 2.38 bits per heavy atom. The van der Waals surface area contributed by atoms with Crippen LogP contribution in [-0.2, 0) is 17.9 Å². The first-order valence-corrected chi connectivity index (χ1v) is 12.3. The summed E-state index contributed by atoms with van der Waals surface area (Å²) in [5.41, 5.74) is 7.25. The molecule has 0 radical (unpaired) electrons. The molecule has 0 saturated carbocycles. The topological polar surface area (TPSA) is 108 Å². The van der Waals surface area contributed by atoms with Crippen LogP contribution in [0.25, 0.3) is 0 Å². The number of benzene rings is 1. The molecule has 3 heterocycles. The molecule has 1 amide bonds. The van der Waals surface area contributed by atoms with Crippen LogP contribution in [0.2, 0.25) is 0 Å². The number of thiophene rings is 1. The molecule has 9 nitrogen and oxygen atoms in total. The molecule has 34 heavy (non-hydrogen) atoms. The van der Waals surface area contributed by atoms with Gasteiger partial charge in [0.25, 0.3) is 5.56 Å². The molecule has 180 valence electrons. The first kappa shape index (κ1) is 23.9. The van der Waals surface area contributed by atoms with Crippen molar-refractivity contribution < 1.29 is 4.79 Å². The molecule has 3 N–H and O–H groups in total. The van der Waals surface area contributed by atoms with E-state index in [1.54, 1.807) is 18.3 Å². The van der Waals surface area contributed by atoms with Crippen molar-refractivity contribution in [2.45, 2.75) is 20.0 Å².